The molecular weight excluding hydrogens is 212 g/mol. The lowest BCUT2D eigenvalue weighted by Gasteiger charge is -2.25. The standard InChI is InChI=1S/C10H16N4.ClH/c1-8-10(13-6-5-12-8)14(2)9-3-4-11-7-9;/h5-6,9,11H,3-4,7H2,1-2H3;1H/t9-;/m0./s1. The van der Waals surface area contributed by atoms with E-state index in [2.05, 4.69) is 27.2 Å². The van der Waals surface area contributed by atoms with Gasteiger partial charge < -0.3 is 10.2 Å². The second-order valence-electron chi connectivity index (χ2n) is 3.72. The number of aryl methyl sites for hydroxylation is 1. The Morgan fingerprint density at radius 3 is 2.73 bits per heavy atom. The van der Waals surface area contributed by atoms with E-state index in [1.54, 1.807) is 12.4 Å². The lowest BCUT2D eigenvalue weighted by atomic mass is 10.2. The van der Waals surface area contributed by atoms with Crippen molar-refractivity contribution in [3.8, 4) is 0 Å². The first-order valence-corrected chi connectivity index (χ1v) is 5.00. The van der Waals surface area contributed by atoms with Crippen LogP contribution in [0.25, 0.3) is 0 Å². The first-order valence-electron chi connectivity index (χ1n) is 5.00. The van der Waals surface area contributed by atoms with Crippen molar-refractivity contribution in [3.63, 3.8) is 0 Å². The molecule has 0 bridgehead atoms. The number of aromatic nitrogens is 2. The van der Waals surface area contributed by atoms with Crippen molar-refractivity contribution < 1.29 is 0 Å². The number of rotatable bonds is 2. The van der Waals surface area contributed by atoms with Crippen LogP contribution in [0.4, 0.5) is 5.82 Å². The van der Waals surface area contributed by atoms with Gasteiger partial charge in [-0.25, -0.2) is 4.98 Å². The monoisotopic (exact) mass is 228 g/mol. The maximum absolute atomic E-state index is 4.36. The number of anilines is 1. The Morgan fingerprint density at radius 2 is 2.13 bits per heavy atom. The molecule has 1 saturated heterocycles. The molecule has 1 atom stereocenters. The van der Waals surface area contributed by atoms with Gasteiger partial charge in [0, 0.05) is 32.0 Å². The van der Waals surface area contributed by atoms with Crippen LogP contribution in [-0.4, -0.2) is 36.1 Å². The normalized spacial score (nSPS) is 19.7. The molecule has 1 aromatic heterocycles. The number of hydrogen-bond acceptors (Lipinski definition) is 4. The highest BCUT2D eigenvalue weighted by Crippen LogP contribution is 2.17. The molecule has 0 radical (unpaired) electrons. The van der Waals surface area contributed by atoms with E-state index < -0.39 is 0 Å². The molecule has 0 amide bonds. The van der Waals surface area contributed by atoms with E-state index in [1.807, 2.05) is 6.92 Å². The van der Waals surface area contributed by atoms with E-state index in [4.69, 9.17) is 0 Å². The lowest BCUT2D eigenvalue weighted by molar-refractivity contribution is 0.673. The van der Waals surface area contributed by atoms with Crippen LogP contribution in [-0.2, 0) is 0 Å². The molecule has 15 heavy (non-hydrogen) atoms. The van der Waals surface area contributed by atoms with Crippen molar-refractivity contribution in [2.24, 2.45) is 0 Å². The van der Waals surface area contributed by atoms with Gasteiger partial charge in [0.15, 0.2) is 0 Å². The molecule has 1 aromatic rings. The van der Waals surface area contributed by atoms with Gasteiger partial charge in [0.25, 0.3) is 0 Å². The smallest absolute Gasteiger partial charge is 0.150 e. The number of likely N-dealkylation sites (N-methyl/N-ethyl adjacent to an activating group) is 1. The van der Waals surface area contributed by atoms with E-state index in [0.29, 0.717) is 6.04 Å². The maximum Gasteiger partial charge on any atom is 0.150 e. The van der Waals surface area contributed by atoms with Crippen LogP contribution in [0.15, 0.2) is 12.4 Å². The van der Waals surface area contributed by atoms with Crippen molar-refractivity contribution in [2.75, 3.05) is 25.0 Å². The van der Waals surface area contributed by atoms with Crippen molar-refractivity contribution in [1.29, 1.82) is 0 Å². The molecular formula is C10H17ClN4. The number of halogens is 1. The zero-order valence-corrected chi connectivity index (χ0v) is 9.92. The van der Waals surface area contributed by atoms with Gasteiger partial charge in [-0.2, -0.15) is 0 Å². The van der Waals surface area contributed by atoms with Gasteiger partial charge in [-0.15, -0.1) is 12.4 Å². The highest BCUT2D eigenvalue weighted by atomic mass is 35.5. The molecule has 0 spiro atoms. The first-order chi connectivity index (χ1) is 6.79. The molecule has 1 aliphatic rings. The van der Waals surface area contributed by atoms with Gasteiger partial charge in [0.2, 0.25) is 0 Å². The van der Waals surface area contributed by atoms with Crippen LogP contribution in [0.3, 0.4) is 0 Å². The summed E-state index contributed by atoms with van der Waals surface area (Å²) in [6.07, 6.45) is 4.67. The predicted molar refractivity (Wildman–Crippen MR) is 63.7 cm³/mol. The quantitative estimate of drug-likeness (QED) is 0.820. The number of nitrogens with zero attached hydrogens (tertiary/aromatic N) is 3. The molecule has 0 aromatic carbocycles. The Hall–Kier alpha value is -0.870. The highest BCUT2D eigenvalue weighted by molar-refractivity contribution is 5.85. The second-order valence-corrected chi connectivity index (χ2v) is 3.72. The van der Waals surface area contributed by atoms with E-state index in [-0.39, 0.29) is 12.4 Å². The molecule has 0 aliphatic carbocycles. The van der Waals surface area contributed by atoms with E-state index >= 15 is 0 Å². The third-order valence-corrected chi connectivity index (χ3v) is 2.77. The molecule has 84 valence electrons. The van der Waals surface area contributed by atoms with Crippen LogP contribution in [0.1, 0.15) is 12.1 Å². The summed E-state index contributed by atoms with van der Waals surface area (Å²) in [5.41, 5.74) is 1.00. The summed E-state index contributed by atoms with van der Waals surface area (Å²) in [6.45, 7) is 4.15. The van der Waals surface area contributed by atoms with Crippen LogP contribution >= 0.6 is 12.4 Å². The van der Waals surface area contributed by atoms with E-state index in [0.717, 1.165) is 24.6 Å². The Kier molecular flexibility index (Phi) is 4.29. The zero-order chi connectivity index (χ0) is 9.97. The Balaban J connectivity index is 0.00000112. The van der Waals surface area contributed by atoms with Crippen LogP contribution in [0.5, 0.6) is 0 Å². The Morgan fingerprint density at radius 1 is 1.40 bits per heavy atom. The van der Waals surface area contributed by atoms with E-state index in [1.165, 1.54) is 6.42 Å². The zero-order valence-electron chi connectivity index (χ0n) is 9.10. The third kappa shape index (κ3) is 2.58. The van der Waals surface area contributed by atoms with Crippen LogP contribution in [0.2, 0.25) is 0 Å². The SMILES string of the molecule is Cc1nccnc1N(C)[C@H]1CCNC1.Cl. The summed E-state index contributed by atoms with van der Waals surface area (Å²) < 4.78 is 0. The molecule has 1 fully saturated rings. The minimum atomic E-state index is 0. The van der Waals surface area contributed by atoms with Gasteiger partial charge in [0.1, 0.15) is 5.82 Å². The molecule has 4 nitrogen and oxygen atoms in total. The summed E-state index contributed by atoms with van der Waals surface area (Å²) in [6, 6.07) is 0.561. The average Bonchev–Trinajstić information content (AvgIpc) is 2.70. The fourth-order valence-corrected chi connectivity index (χ4v) is 1.89. The average molecular weight is 229 g/mol. The maximum atomic E-state index is 4.36. The van der Waals surface area contributed by atoms with Gasteiger partial charge in [-0.05, 0) is 19.9 Å². The van der Waals surface area contributed by atoms with Crippen molar-refractivity contribution in [1.82, 2.24) is 15.3 Å². The second kappa shape index (κ2) is 5.28. The third-order valence-electron chi connectivity index (χ3n) is 2.77. The summed E-state index contributed by atoms with van der Waals surface area (Å²) >= 11 is 0. The lowest BCUT2D eigenvalue weighted by Crippen LogP contribution is -2.34. The minimum absolute atomic E-state index is 0. The number of nitrogens with one attached hydrogen (secondary N) is 1. The highest BCUT2D eigenvalue weighted by Gasteiger charge is 2.21. The van der Waals surface area contributed by atoms with Gasteiger partial charge in [-0.3, -0.25) is 4.98 Å². The fourth-order valence-electron chi connectivity index (χ4n) is 1.89. The summed E-state index contributed by atoms with van der Waals surface area (Å²) in [7, 11) is 2.09. The minimum Gasteiger partial charge on any atom is -0.354 e. The molecule has 1 N–H and O–H groups in total. The summed E-state index contributed by atoms with van der Waals surface area (Å²) in [5.74, 6) is 1.00. The van der Waals surface area contributed by atoms with Gasteiger partial charge >= 0.3 is 0 Å². The van der Waals surface area contributed by atoms with Crippen LogP contribution in [0, 0.1) is 6.92 Å². The van der Waals surface area contributed by atoms with Crippen LogP contribution < -0.4 is 10.2 Å². The van der Waals surface area contributed by atoms with Gasteiger partial charge in [-0.1, -0.05) is 0 Å². The Bertz CT molecular complexity index is 312. The molecule has 0 saturated carbocycles. The largest absolute Gasteiger partial charge is 0.354 e. The molecule has 1 aliphatic heterocycles. The Labute approximate surface area is 96.5 Å². The molecule has 2 rings (SSSR count). The van der Waals surface area contributed by atoms with Crippen molar-refractivity contribution >= 4 is 18.2 Å². The fraction of sp³-hybridized carbons (Fsp3) is 0.600. The van der Waals surface area contributed by atoms with Gasteiger partial charge in [0.05, 0.1) is 5.69 Å². The van der Waals surface area contributed by atoms with E-state index in [9.17, 15) is 0 Å². The summed E-state index contributed by atoms with van der Waals surface area (Å²) in [5, 5.41) is 3.35. The molecule has 2 heterocycles. The van der Waals surface area contributed by atoms with Crippen molar-refractivity contribution in [3.05, 3.63) is 18.1 Å². The first kappa shape index (κ1) is 12.2. The molecule has 0 unspecified atom stereocenters. The van der Waals surface area contributed by atoms with Crippen molar-refractivity contribution in [2.45, 2.75) is 19.4 Å². The molecule has 5 heteroatoms. The predicted octanol–water partition coefficient (Wildman–Crippen LogP) is 1.00. The number of hydrogen-bond donors (Lipinski definition) is 1. The summed E-state index contributed by atoms with van der Waals surface area (Å²) in [4.78, 5) is 10.8. The topological polar surface area (TPSA) is 41.1 Å².